The van der Waals surface area contributed by atoms with Crippen LogP contribution in [-0.4, -0.2) is 12.6 Å². The molecule has 0 aromatic heterocycles. The molecule has 0 aromatic rings. The van der Waals surface area contributed by atoms with Crippen molar-refractivity contribution in [2.24, 2.45) is 11.8 Å². The van der Waals surface area contributed by atoms with Crippen LogP contribution in [0.5, 0.6) is 0 Å². The molecule has 0 radical (unpaired) electrons. The van der Waals surface area contributed by atoms with Crippen molar-refractivity contribution >= 4 is 0 Å². The minimum Gasteiger partial charge on any atom is -0.301 e. The smallest absolute Gasteiger partial charge is 0.0843 e. The fraction of sp³-hybridized carbons (Fsp3) is 0.875. The molecule has 1 rings (SSSR count). The minimum absolute atomic E-state index is 0.502. The molecule has 1 aliphatic carbocycles. The molecule has 56 valence electrons. The van der Waals surface area contributed by atoms with Crippen LogP contribution in [0.25, 0.3) is 0 Å². The first-order valence-corrected chi connectivity index (χ1v) is 3.86. The third-order valence-corrected chi connectivity index (χ3v) is 2.60. The van der Waals surface area contributed by atoms with Crippen LogP contribution in [0.1, 0.15) is 20.3 Å². The highest BCUT2D eigenvalue weighted by Crippen LogP contribution is 2.33. The van der Waals surface area contributed by atoms with Gasteiger partial charge in [-0.2, -0.15) is 5.26 Å². The highest BCUT2D eigenvalue weighted by atomic mass is 14.9. The van der Waals surface area contributed by atoms with E-state index in [9.17, 15) is 0 Å². The number of hydrogen-bond donors (Lipinski definition) is 1. The molecule has 1 aliphatic rings. The summed E-state index contributed by atoms with van der Waals surface area (Å²) in [6.07, 6.45) is 1.24. The molecule has 0 heterocycles. The summed E-state index contributed by atoms with van der Waals surface area (Å²) in [5, 5.41) is 11.5. The molecular weight excluding hydrogens is 124 g/mol. The zero-order valence-corrected chi connectivity index (χ0v) is 6.59. The average Bonchev–Trinajstić information content (AvgIpc) is 1.97. The zero-order chi connectivity index (χ0) is 7.56. The second-order valence-corrected chi connectivity index (χ2v) is 3.22. The summed E-state index contributed by atoms with van der Waals surface area (Å²) in [5.74, 6) is 1.60. The maximum atomic E-state index is 8.27. The molecule has 1 N–H and O–H groups in total. The molecule has 0 bridgehead atoms. The van der Waals surface area contributed by atoms with Gasteiger partial charge in [-0.15, -0.1) is 0 Å². The fourth-order valence-electron chi connectivity index (χ4n) is 1.48. The van der Waals surface area contributed by atoms with E-state index < -0.39 is 0 Å². The lowest BCUT2D eigenvalue weighted by molar-refractivity contribution is 0.142. The molecule has 1 saturated carbocycles. The van der Waals surface area contributed by atoms with Gasteiger partial charge in [-0.25, -0.2) is 0 Å². The van der Waals surface area contributed by atoms with E-state index in [0.29, 0.717) is 12.6 Å². The molecular formula is C8H14N2. The van der Waals surface area contributed by atoms with Gasteiger partial charge in [0.25, 0.3) is 0 Å². The molecule has 0 aromatic carbocycles. The van der Waals surface area contributed by atoms with Crippen molar-refractivity contribution in [3.63, 3.8) is 0 Å². The van der Waals surface area contributed by atoms with Gasteiger partial charge in [0.2, 0.25) is 0 Å². The summed E-state index contributed by atoms with van der Waals surface area (Å²) in [6.45, 7) is 5.00. The molecule has 2 heteroatoms. The van der Waals surface area contributed by atoms with Gasteiger partial charge in [-0.3, -0.25) is 0 Å². The first-order valence-electron chi connectivity index (χ1n) is 3.86. The predicted molar refractivity (Wildman–Crippen MR) is 40.3 cm³/mol. The normalized spacial score (nSPS) is 38.3. The first-order chi connectivity index (χ1) is 4.75. The van der Waals surface area contributed by atoms with Crippen LogP contribution in [0.3, 0.4) is 0 Å². The molecule has 0 amide bonds. The quantitative estimate of drug-likeness (QED) is 0.581. The molecule has 3 unspecified atom stereocenters. The van der Waals surface area contributed by atoms with Crippen LogP contribution >= 0.6 is 0 Å². The molecule has 0 aliphatic heterocycles. The van der Waals surface area contributed by atoms with Crippen LogP contribution in [-0.2, 0) is 0 Å². The van der Waals surface area contributed by atoms with E-state index >= 15 is 0 Å². The first kappa shape index (κ1) is 7.56. The van der Waals surface area contributed by atoms with Gasteiger partial charge in [0, 0.05) is 6.04 Å². The van der Waals surface area contributed by atoms with E-state index in [1.165, 1.54) is 6.42 Å². The van der Waals surface area contributed by atoms with E-state index in [4.69, 9.17) is 5.26 Å². The van der Waals surface area contributed by atoms with Gasteiger partial charge >= 0.3 is 0 Å². The Morgan fingerprint density at radius 2 is 2.30 bits per heavy atom. The van der Waals surface area contributed by atoms with Crippen LogP contribution in [0, 0.1) is 23.2 Å². The minimum atomic E-state index is 0.502. The van der Waals surface area contributed by atoms with Crippen molar-refractivity contribution in [1.82, 2.24) is 5.32 Å². The van der Waals surface area contributed by atoms with Gasteiger partial charge in [0.15, 0.2) is 0 Å². The van der Waals surface area contributed by atoms with Crippen molar-refractivity contribution < 1.29 is 0 Å². The topological polar surface area (TPSA) is 35.8 Å². The lowest BCUT2D eigenvalue weighted by Crippen LogP contribution is -2.48. The van der Waals surface area contributed by atoms with E-state index in [0.717, 1.165) is 11.8 Å². The van der Waals surface area contributed by atoms with Crippen LogP contribution in [0.15, 0.2) is 0 Å². The van der Waals surface area contributed by atoms with Crippen molar-refractivity contribution in [3.8, 4) is 6.07 Å². The molecule has 2 nitrogen and oxygen atoms in total. The largest absolute Gasteiger partial charge is 0.301 e. The number of nitrogens with one attached hydrogen (secondary N) is 1. The average molecular weight is 138 g/mol. The van der Waals surface area contributed by atoms with Crippen molar-refractivity contribution in [3.05, 3.63) is 0 Å². The highest BCUT2D eigenvalue weighted by Gasteiger charge is 2.33. The molecule has 0 spiro atoms. The van der Waals surface area contributed by atoms with Crippen molar-refractivity contribution in [2.75, 3.05) is 6.54 Å². The van der Waals surface area contributed by atoms with E-state index in [2.05, 4.69) is 25.2 Å². The van der Waals surface area contributed by atoms with Gasteiger partial charge < -0.3 is 5.32 Å². The Balaban J connectivity index is 2.16. The SMILES string of the molecule is CC1CC(NCC#N)C1C. The second kappa shape index (κ2) is 3.03. The van der Waals surface area contributed by atoms with E-state index in [1.54, 1.807) is 0 Å². The van der Waals surface area contributed by atoms with Crippen LogP contribution < -0.4 is 5.32 Å². The van der Waals surface area contributed by atoms with Crippen molar-refractivity contribution in [2.45, 2.75) is 26.3 Å². The van der Waals surface area contributed by atoms with E-state index in [-0.39, 0.29) is 0 Å². The van der Waals surface area contributed by atoms with Crippen LogP contribution in [0.2, 0.25) is 0 Å². The Kier molecular flexibility index (Phi) is 2.29. The summed E-state index contributed by atoms with van der Waals surface area (Å²) in [4.78, 5) is 0. The number of nitriles is 1. The Bertz CT molecular complexity index is 148. The van der Waals surface area contributed by atoms with Crippen LogP contribution in [0.4, 0.5) is 0 Å². The Hall–Kier alpha value is -0.550. The van der Waals surface area contributed by atoms with E-state index in [1.807, 2.05) is 0 Å². The van der Waals surface area contributed by atoms with Gasteiger partial charge in [-0.1, -0.05) is 13.8 Å². The summed E-state index contributed by atoms with van der Waals surface area (Å²) in [5.41, 5.74) is 0. The molecule has 1 fully saturated rings. The lowest BCUT2D eigenvalue weighted by atomic mass is 9.71. The monoisotopic (exact) mass is 138 g/mol. The van der Waals surface area contributed by atoms with Crippen molar-refractivity contribution in [1.29, 1.82) is 5.26 Å². The molecule has 0 saturated heterocycles. The number of rotatable bonds is 2. The number of nitrogens with zero attached hydrogens (tertiary/aromatic N) is 1. The molecule has 3 atom stereocenters. The Morgan fingerprint density at radius 3 is 2.70 bits per heavy atom. The summed E-state index contributed by atoms with van der Waals surface area (Å²) in [7, 11) is 0. The third-order valence-electron chi connectivity index (χ3n) is 2.60. The molecule has 10 heavy (non-hydrogen) atoms. The second-order valence-electron chi connectivity index (χ2n) is 3.22. The summed E-state index contributed by atoms with van der Waals surface area (Å²) < 4.78 is 0. The summed E-state index contributed by atoms with van der Waals surface area (Å²) >= 11 is 0. The Morgan fingerprint density at radius 1 is 1.60 bits per heavy atom. The maximum Gasteiger partial charge on any atom is 0.0843 e. The highest BCUT2D eigenvalue weighted by molar-refractivity contribution is 4.91. The fourth-order valence-corrected chi connectivity index (χ4v) is 1.48. The van der Waals surface area contributed by atoms with Gasteiger partial charge in [0.1, 0.15) is 0 Å². The summed E-state index contributed by atoms with van der Waals surface area (Å²) in [6, 6.07) is 2.70. The maximum absolute atomic E-state index is 8.27. The third kappa shape index (κ3) is 1.30. The van der Waals surface area contributed by atoms with Gasteiger partial charge in [0.05, 0.1) is 12.6 Å². The Labute approximate surface area is 62.2 Å². The predicted octanol–water partition coefficient (Wildman–Crippen LogP) is 1.14. The standard InChI is InChI=1S/C8H14N2/c1-6-5-8(7(6)2)10-4-3-9/h6-8,10H,4-5H2,1-2H3. The zero-order valence-electron chi connectivity index (χ0n) is 6.59. The van der Waals surface area contributed by atoms with Gasteiger partial charge in [-0.05, 0) is 18.3 Å². The number of hydrogen-bond acceptors (Lipinski definition) is 2. The lowest BCUT2D eigenvalue weighted by Gasteiger charge is -2.40.